The van der Waals surface area contributed by atoms with Gasteiger partial charge < -0.3 is 5.32 Å². The SMILES string of the molecule is CC(C)(C)CNc1nc(Cl)nc(-c2ccccn2)n1. The molecule has 0 atom stereocenters. The van der Waals surface area contributed by atoms with E-state index in [2.05, 4.69) is 46.0 Å². The smallest absolute Gasteiger partial charge is 0.227 e. The van der Waals surface area contributed by atoms with Crippen LogP contribution in [0.25, 0.3) is 11.5 Å². The van der Waals surface area contributed by atoms with Crippen LogP contribution in [-0.2, 0) is 0 Å². The Labute approximate surface area is 117 Å². The minimum Gasteiger partial charge on any atom is -0.354 e. The highest BCUT2D eigenvalue weighted by Gasteiger charge is 2.12. The van der Waals surface area contributed by atoms with E-state index in [0.717, 1.165) is 6.54 Å². The maximum absolute atomic E-state index is 5.92. The van der Waals surface area contributed by atoms with Gasteiger partial charge in [-0.2, -0.15) is 15.0 Å². The Morgan fingerprint density at radius 1 is 1.16 bits per heavy atom. The molecule has 0 amide bonds. The summed E-state index contributed by atoms with van der Waals surface area (Å²) in [5, 5.41) is 3.32. The summed E-state index contributed by atoms with van der Waals surface area (Å²) in [6.07, 6.45) is 1.69. The van der Waals surface area contributed by atoms with Crippen LogP contribution in [0.2, 0.25) is 5.28 Å². The van der Waals surface area contributed by atoms with Crippen molar-refractivity contribution in [2.45, 2.75) is 20.8 Å². The van der Waals surface area contributed by atoms with Crippen LogP contribution in [0.3, 0.4) is 0 Å². The van der Waals surface area contributed by atoms with Gasteiger partial charge in [0, 0.05) is 12.7 Å². The van der Waals surface area contributed by atoms with Crippen molar-refractivity contribution < 1.29 is 0 Å². The third kappa shape index (κ3) is 4.13. The molecular formula is C13H16ClN5. The lowest BCUT2D eigenvalue weighted by Crippen LogP contribution is -2.20. The van der Waals surface area contributed by atoms with Crippen molar-refractivity contribution in [3.05, 3.63) is 29.7 Å². The second kappa shape index (κ2) is 5.48. The average Bonchev–Trinajstić information content (AvgIpc) is 2.36. The van der Waals surface area contributed by atoms with Gasteiger partial charge in [0.2, 0.25) is 11.2 Å². The van der Waals surface area contributed by atoms with Gasteiger partial charge in [0.05, 0.1) is 0 Å². The fourth-order valence-electron chi connectivity index (χ4n) is 1.38. The molecule has 2 aromatic heterocycles. The first kappa shape index (κ1) is 13.7. The highest BCUT2D eigenvalue weighted by atomic mass is 35.5. The number of nitrogens with one attached hydrogen (secondary N) is 1. The Balaban J connectivity index is 2.25. The van der Waals surface area contributed by atoms with Crippen molar-refractivity contribution in [3.8, 4) is 11.5 Å². The van der Waals surface area contributed by atoms with Gasteiger partial charge in [0.25, 0.3) is 0 Å². The van der Waals surface area contributed by atoms with Crippen molar-refractivity contribution in [3.63, 3.8) is 0 Å². The molecule has 0 aliphatic heterocycles. The predicted octanol–water partition coefficient (Wildman–Crippen LogP) is 3.05. The van der Waals surface area contributed by atoms with E-state index in [-0.39, 0.29) is 10.7 Å². The molecule has 0 unspecified atom stereocenters. The summed E-state index contributed by atoms with van der Waals surface area (Å²) < 4.78 is 0. The van der Waals surface area contributed by atoms with Crippen LogP contribution in [0.4, 0.5) is 5.95 Å². The number of pyridine rings is 1. The highest BCUT2D eigenvalue weighted by molar-refractivity contribution is 6.28. The fraction of sp³-hybridized carbons (Fsp3) is 0.385. The number of hydrogen-bond acceptors (Lipinski definition) is 5. The van der Waals surface area contributed by atoms with Gasteiger partial charge in [-0.25, -0.2) is 0 Å². The second-order valence-corrected chi connectivity index (χ2v) is 5.72. The minimum atomic E-state index is 0.129. The number of nitrogens with zero attached hydrogens (tertiary/aromatic N) is 4. The highest BCUT2D eigenvalue weighted by Crippen LogP contribution is 2.17. The standard InChI is InChI=1S/C13H16ClN5/c1-13(2,3)8-16-12-18-10(17-11(14)19-12)9-6-4-5-7-15-9/h4-7H,8H2,1-3H3,(H,16,17,18,19). The van der Waals surface area contributed by atoms with Crippen molar-refractivity contribution in [1.29, 1.82) is 0 Å². The molecule has 0 spiro atoms. The fourth-order valence-corrected chi connectivity index (χ4v) is 1.54. The van der Waals surface area contributed by atoms with Crippen LogP contribution >= 0.6 is 11.6 Å². The Hall–Kier alpha value is -1.75. The minimum absolute atomic E-state index is 0.129. The van der Waals surface area contributed by atoms with Gasteiger partial charge in [-0.05, 0) is 29.1 Å². The Bertz CT molecular complexity index is 551. The largest absolute Gasteiger partial charge is 0.354 e. The molecular weight excluding hydrogens is 262 g/mol. The molecule has 5 nitrogen and oxygen atoms in total. The van der Waals surface area contributed by atoms with Gasteiger partial charge in [-0.3, -0.25) is 4.98 Å². The maximum Gasteiger partial charge on any atom is 0.227 e. The molecule has 0 saturated heterocycles. The molecule has 0 aromatic carbocycles. The molecule has 2 rings (SSSR count). The third-order valence-corrected chi connectivity index (χ3v) is 2.45. The summed E-state index contributed by atoms with van der Waals surface area (Å²) in [4.78, 5) is 16.7. The molecule has 2 heterocycles. The van der Waals surface area contributed by atoms with E-state index in [9.17, 15) is 0 Å². The second-order valence-electron chi connectivity index (χ2n) is 5.38. The van der Waals surface area contributed by atoms with Gasteiger partial charge in [0.15, 0.2) is 5.82 Å². The molecule has 0 aliphatic carbocycles. The van der Waals surface area contributed by atoms with Crippen molar-refractivity contribution >= 4 is 17.5 Å². The van der Waals surface area contributed by atoms with Crippen molar-refractivity contribution in [2.75, 3.05) is 11.9 Å². The molecule has 0 aliphatic rings. The third-order valence-electron chi connectivity index (χ3n) is 2.28. The first-order valence-corrected chi connectivity index (χ1v) is 6.39. The monoisotopic (exact) mass is 277 g/mol. The first-order chi connectivity index (χ1) is 8.94. The zero-order valence-corrected chi connectivity index (χ0v) is 11.9. The topological polar surface area (TPSA) is 63.6 Å². The van der Waals surface area contributed by atoms with Crippen molar-refractivity contribution in [2.24, 2.45) is 5.41 Å². The zero-order valence-electron chi connectivity index (χ0n) is 11.2. The normalized spacial score (nSPS) is 11.4. The Morgan fingerprint density at radius 2 is 1.95 bits per heavy atom. The van der Waals surface area contributed by atoms with Crippen LogP contribution in [0, 0.1) is 5.41 Å². The van der Waals surface area contributed by atoms with Crippen LogP contribution in [0.1, 0.15) is 20.8 Å². The molecule has 0 bridgehead atoms. The Morgan fingerprint density at radius 3 is 2.58 bits per heavy atom. The molecule has 19 heavy (non-hydrogen) atoms. The van der Waals surface area contributed by atoms with E-state index in [1.807, 2.05) is 18.2 Å². The summed E-state index contributed by atoms with van der Waals surface area (Å²) in [7, 11) is 0. The van der Waals surface area contributed by atoms with Gasteiger partial charge in [0.1, 0.15) is 5.69 Å². The number of anilines is 1. The van der Waals surface area contributed by atoms with E-state index in [1.165, 1.54) is 0 Å². The summed E-state index contributed by atoms with van der Waals surface area (Å²) in [5.41, 5.74) is 0.801. The number of halogens is 1. The van der Waals surface area contributed by atoms with E-state index >= 15 is 0 Å². The van der Waals surface area contributed by atoms with Gasteiger partial charge >= 0.3 is 0 Å². The van der Waals surface area contributed by atoms with E-state index in [4.69, 9.17) is 11.6 Å². The summed E-state index contributed by atoms with van der Waals surface area (Å²) in [6.45, 7) is 7.13. The van der Waals surface area contributed by atoms with Gasteiger partial charge in [-0.15, -0.1) is 0 Å². The molecule has 100 valence electrons. The van der Waals surface area contributed by atoms with Crippen LogP contribution in [-0.4, -0.2) is 26.5 Å². The zero-order chi connectivity index (χ0) is 13.9. The summed E-state index contributed by atoms with van der Waals surface area (Å²) in [5.74, 6) is 0.938. The number of aromatic nitrogens is 4. The molecule has 1 N–H and O–H groups in total. The first-order valence-electron chi connectivity index (χ1n) is 6.01. The molecule has 0 fully saturated rings. The quantitative estimate of drug-likeness (QED) is 0.934. The van der Waals surface area contributed by atoms with E-state index in [1.54, 1.807) is 6.20 Å². The van der Waals surface area contributed by atoms with E-state index < -0.39 is 0 Å². The van der Waals surface area contributed by atoms with Crippen molar-refractivity contribution in [1.82, 2.24) is 19.9 Å². The van der Waals surface area contributed by atoms with Crippen LogP contribution in [0.5, 0.6) is 0 Å². The van der Waals surface area contributed by atoms with Crippen LogP contribution in [0.15, 0.2) is 24.4 Å². The number of rotatable bonds is 3. The molecule has 2 aromatic rings. The summed E-state index contributed by atoms with van der Waals surface area (Å²) >= 11 is 5.92. The average molecular weight is 278 g/mol. The lowest BCUT2D eigenvalue weighted by atomic mass is 9.97. The molecule has 0 saturated carbocycles. The van der Waals surface area contributed by atoms with Crippen LogP contribution < -0.4 is 5.32 Å². The van der Waals surface area contributed by atoms with E-state index in [0.29, 0.717) is 17.5 Å². The molecule has 0 radical (unpaired) electrons. The summed E-state index contributed by atoms with van der Waals surface area (Å²) in [6, 6.07) is 5.55. The lowest BCUT2D eigenvalue weighted by Gasteiger charge is -2.18. The number of hydrogen-bond donors (Lipinski definition) is 1. The molecule has 6 heteroatoms. The lowest BCUT2D eigenvalue weighted by molar-refractivity contribution is 0.441. The maximum atomic E-state index is 5.92. The Kier molecular flexibility index (Phi) is 3.95. The predicted molar refractivity (Wildman–Crippen MR) is 76.0 cm³/mol. The van der Waals surface area contributed by atoms with Gasteiger partial charge in [-0.1, -0.05) is 26.8 Å².